The minimum Gasteiger partial charge on any atom is -0.212 e. The van der Waals surface area contributed by atoms with Crippen molar-refractivity contribution in [1.82, 2.24) is 4.72 Å². The Labute approximate surface area is 105 Å². The van der Waals surface area contributed by atoms with E-state index in [1.807, 2.05) is 30.3 Å². The second kappa shape index (κ2) is 5.80. The fourth-order valence-corrected chi connectivity index (χ4v) is 2.85. The highest BCUT2D eigenvalue weighted by Gasteiger charge is 2.21. The summed E-state index contributed by atoms with van der Waals surface area (Å²) in [5.74, 6) is 0. The first-order chi connectivity index (χ1) is 7.47. The quantitative estimate of drug-likeness (QED) is 0.849. The number of hydrogen-bond donors (Lipinski definition) is 1. The molecule has 1 aromatic rings. The molecule has 16 heavy (non-hydrogen) atoms. The number of nitrogens with one attached hydrogen (secondary N) is 1. The summed E-state index contributed by atoms with van der Waals surface area (Å²) in [6, 6.07) is 9.31. The summed E-state index contributed by atoms with van der Waals surface area (Å²) in [5, 5.41) is 0.140. The summed E-state index contributed by atoms with van der Waals surface area (Å²) in [7, 11) is -3.24. The maximum atomic E-state index is 11.7. The van der Waals surface area contributed by atoms with Crippen LogP contribution in [0.4, 0.5) is 0 Å². The Hall–Kier alpha value is -0.390. The van der Waals surface area contributed by atoms with Gasteiger partial charge in [0.2, 0.25) is 10.0 Å². The van der Waals surface area contributed by atoms with Gasteiger partial charge in [-0.25, -0.2) is 13.1 Å². The van der Waals surface area contributed by atoms with Gasteiger partial charge < -0.3 is 0 Å². The number of sulfonamides is 1. The molecule has 3 nitrogen and oxygen atoms in total. The van der Waals surface area contributed by atoms with Gasteiger partial charge in [0.25, 0.3) is 0 Å². The normalized spacial score (nSPS) is 14.0. The highest BCUT2D eigenvalue weighted by Crippen LogP contribution is 2.17. The third-order valence-electron chi connectivity index (χ3n) is 2.28. The van der Waals surface area contributed by atoms with Crippen LogP contribution < -0.4 is 4.72 Å². The van der Waals surface area contributed by atoms with E-state index in [1.165, 1.54) is 0 Å². The average Bonchev–Trinajstić information content (AvgIpc) is 2.27. The van der Waals surface area contributed by atoms with E-state index >= 15 is 0 Å². The molecule has 1 atom stereocenters. The van der Waals surface area contributed by atoms with Crippen LogP contribution in [0.15, 0.2) is 30.3 Å². The van der Waals surface area contributed by atoms with Crippen molar-refractivity contribution in [3.8, 4) is 0 Å². The minimum absolute atomic E-state index is 0.214. The first kappa shape index (κ1) is 13.7. The molecular weight excluding hydrogens is 290 g/mol. The Kier molecular flexibility index (Phi) is 4.95. The van der Waals surface area contributed by atoms with Gasteiger partial charge in [0, 0.05) is 5.33 Å². The number of hydrogen-bond acceptors (Lipinski definition) is 2. The van der Waals surface area contributed by atoms with Crippen molar-refractivity contribution >= 4 is 26.0 Å². The zero-order valence-electron chi connectivity index (χ0n) is 9.35. The van der Waals surface area contributed by atoms with Crippen molar-refractivity contribution in [2.75, 3.05) is 5.33 Å². The average molecular weight is 306 g/mol. The Balaban J connectivity index is 2.86. The molecule has 0 saturated carbocycles. The van der Waals surface area contributed by atoms with Crippen molar-refractivity contribution in [1.29, 1.82) is 0 Å². The summed E-state index contributed by atoms with van der Waals surface area (Å²) >= 11 is 3.33. The van der Waals surface area contributed by atoms with Gasteiger partial charge in [0.15, 0.2) is 0 Å². The Morgan fingerprint density at radius 1 is 1.25 bits per heavy atom. The predicted molar refractivity (Wildman–Crippen MR) is 70.2 cm³/mol. The van der Waals surface area contributed by atoms with Crippen molar-refractivity contribution in [3.05, 3.63) is 35.9 Å². The maximum absolute atomic E-state index is 11.7. The smallest absolute Gasteiger partial charge is 0.212 e. The van der Waals surface area contributed by atoms with Crippen molar-refractivity contribution in [2.24, 2.45) is 0 Å². The van der Waals surface area contributed by atoms with Gasteiger partial charge in [-0.2, -0.15) is 0 Å². The summed E-state index contributed by atoms with van der Waals surface area (Å²) < 4.78 is 26.2. The Morgan fingerprint density at radius 2 is 1.81 bits per heavy atom. The van der Waals surface area contributed by atoms with Crippen LogP contribution in [-0.2, 0) is 10.0 Å². The lowest BCUT2D eigenvalue weighted by Crippen LogP contribution is -2.34. The molecule has 0 aliphatic carbocycles. The van der Waals surface area contributed by atoms with Crippen LogP contribution in [0.1, 0.15) is 25.5 Å². The van der Waals surface area contributed by atoms with E-state index in [1.54, 1.807) is 13.8 Å². The van der Waals surface area contributed by atoms with Crippen LogP contribution >= 0.6 is 15.9 Å². The number of benzene rings is 1. The van der Waals surface area contributed by atoms with Crippen LogP contribution in [0, 0.1) is 0 Å². The molecule has 0 spiro atoms. The maximum Gasteiger partial charge on any atom is 0.214 e. The molecule has 1 aromatic carbocycles. The van der Waals surface area contributed by atoms with E-state index in [2.05, 4.69) is 20.7 Å². The largest absolute Gasteiger partial charge is 0.214 e. The molecule has 1 rings (SSSR count). The van der Waals surface area contributed by atoms with Crippen LogP contribution in [0.5, 0.6) is 0 Å². The van der Waals surface area contributed by atoms with E-state index < -0.39 is 15.3 Å². The second-order valence-corrected chi connectivity index (χ2v) is 6.75. The van der Waals surface area contributed by atoms with Crippen molar-refractivity contribution < 1.29 is 8.42 Å². The standard InChI is InChI=1S/C11H16BrNO2S/c1-9(2)16(14,15)13-11(8-12)10-6-4-3-5-7-10/h3-7,9,11,13H,8H2,1-2H3. The van der Waals surface area contributed by atoms with Crippen molar-refractivity contribution in [2.45, 2.75) is 25.1 Å². The molecule has 0 aliphatic heterocycles. The fraction of sp³-hybridized carbons (Fsp3) is 0.455. The molecule has 0 aliphatic rings. The molecule has 0 aromatic heterocycles. The highest BCUT2D eigenvalue weighted by atomic mass is 79.9. The molecule has 0 fully saturated rings. The van der Waals surface area contributed by atoms with Gasteiger partial charge in [-0.15, -0.1) is 0 Å². The first-order valence-corrected chi connectivity index (χ1v) is 7.76. The topological polar surface area (TPSA) is 46.2 Å². The van der Waals surface area contributed by atoms with Gasteiger partial charge >= 0.3 is 0 Å². The molecule has 1 N–H and O–H groups in total. The third-order valence-corrected chi connectivity index (χ3v) is 4.79. The van der Waals surface area contributed by atoms with Gasteiger partial charge in [0.05, 0.1) is 11.3 Å². The number of rotatable bonds is 5. The summed E-state index contributed by atoms with van der Waals surface area (Å²) in [6.45, 7) is 3.33. The monoisotopic (exact) mass is 305 g/mol. The SMILES string of the molecule is CC(C)S(=O)(=O)NC(CBr)c1ccccc1. The second-order valence-electron chi connectivity index (χ2n) is 3.83. The summed E-state index contributed by atoms with van der Waals surface area (Å²) in [5.41, 5.74) is 0.962. The van der Waals surface area contributed by atoms with Crippen LogP contribution in [-0.4, -0.2) is 19.0 Å². The Bertz CT molecular complexity index is 417. The number of alkyl halides is 1. The fourth-order valence-electron chi connectivity index (χ4n) is 1.21. The van der Waals surface area contributed by atoms with E-state index in [4.69, 9.17) is 0 Å². The molecule has 0 radical (unpaired) electrons. The van der Waals surface area contributed by atoms with E-state index in [0.29, 0.717) is 5.33 Å². The van der Waals surface area contributed by atoms with Gasteiger partial charge in [0.1, 0.15) is 0 Å². The lowest BCUT2D eigenvalue weighted by Gasteiger charge is -2.18. The summed E-state index contributed by atoms with van der Waals surface area (Å²) in [6.07, 6.45) is 0. The van der Waals surface area contributed by atoms with Crippen LogP contribution in [0.2, 0.25) is 0 Å². The molecule has 1 unspecified atom stereocenters. The lowest BCUT2D eigenvalue weighted by atomic mass is 10.1. The van der Waals surface area contributed by atoms with Gasteiger partial charge in [-0.3, -0.25) is 0 Å². The van der Waals surface area contributed by atoms with Crippen molar-refractivity contribution in [3.63, 3.8) is 0 Å². The molecule has 90 valence electrons. The predicted octanol–water partition coefficient (Wildman–Crippen LogP) is 2.45. The Morgan fingerprint density at radius 3 is 2.25 bits per heavy atom. The zero-order valence-corrected chi connectivity index (χ0v) is 11.8. The van der Waals surface area contributed by atoms with Crippen LogP contribution in [0.25, 0.3) is 0 Å². The number of halogens is 1. The molecule has 0 heterocycles. The third kappa shape index (κ3) is 3.57. The van der Waals surface area contributed by atoms with E-state index in [9.17, 15) is 8.42 Å². The van der Waals surface area contributed by atoms with Gasteiger partial charge in [-0.05, 0) is 19.4 Å². The minimum atomic E-state index is -3.24. The van der Waals surface area contributed by atoms with E-state index in [0.717, 1.165) is 5.56 Å². The first-order valence-electron chi connectivity index (χ1n) is 5.09. The van der Waals surface area contributed by atoms with E-state index in [-0.39, 0.29) is 6.04 Å². The molecule has 0 saturated heterocycles. The van der Waals surface area contributed by atoms with Gasteiger partial charge in [-0.1, -0.05) is 46.3 Å². The zero-order chi connectivity index (χ0) is 12.2. The molecule has 0 bridgehead atoms. The van der Waals surface area contributed by atoms with Crippen LogP contribution in [0.3, 0.4) is 0 Å². The lowest BCUT2D eigenvalue weighted by molar-refractivity contribution is 0.560. The highest BCUT2D eigenvalue weighted by molar-refractivity contribution is 9.09. The summed E-state index contributed by atoms with van der Waals surface area (Å²) in [4.78, 5) is 0. The molecule has 0 amide bonds. The molecule has 5 heteroatoms. The molecular formula is C11H16BrNO2S.